The maximum absolute atomic E-state index is 9.88. The van der Waals surface area contributed by atoms with Gasteiger partial charge in [0.1, 0.15) is 0 Å². The highest BCUT2D eigenvalue weighted by molar-refractivity contribution is 5.85. The first-order valence-corrected chi connectivity index (χ1v) is 6.94. The zero-order valence-corrected chi connectivity index (χ0v) is 11.3. The highest BCUT2D eigenvalue weighted by atomic mass is 35.5. The number of piperidine rings is 1. The fraction of sp³-hybridized carbons (Fsp3) is 1.00. The van der Waals surface area contributed by atoms with E-state index in [1.165, 1.54) is 45.4 Å². The van der Waals surface area contributed by atoms with Crippen LogP contribution in [0.4, 0.5) is 0 Å². The van der Waals surface area contributed by atoms with Crippen molar-refractivity contribution >= 4 is 12.4 Å². The smallest absolute Gasteiger partial charge is 0.0583 e. The van der Waals surface area contributed by atoms with Gasteiger partial charge in [-0.25, -0.2) is 0 Å². The van der Waals surface area contributed by atoms with Crippen LogP contribution in [0.1, 0.15) is 25.7 Å². The quantitative estimate of drug-likeness (QED) is 0.781. The van der Waals surface area contributed by atoms with E-state index in [4.69, 9.17) is 0 Å². The third-order valence-corrected chi connectivity index (χ3v) is 4.81. The molecule has 2 heterocycles. The summed E-state index contributed by atoms with van der Waals surface area (Å²) < 4.78 is 0. The summed E-state index contributed by atoms with van der Waals surface area (Å²) in [5, 5.41) is 13.4. The summed E-state index contributed by atoms with van der Waals surface area (Å²) in [6.07, 6.45) is 5.04. The van der Waals surface area contributed by atoms with Crippen molar-refractivity contribution in [2.45, 2.75) is 31.8 Å². The van der Waals surface area contributed by atoms with Gasteiger partial charge < -0.3 is 15.3 Å². The lowest BCUT2D eigenvalue weighted by Gasteiger charge is -2.28. The van der Waals surface area contributed by atoms with E-state index in [1.54, 1.807) is 0 Å². The fourth-order valence-electron chi connectivity index (χ4n) is 3.92. The monoisotopic (exact) mass is 260 g/mol. The average molecular weight is 261 g/mol. The van der Waals surface area contributed by atoms with Crippen molar-refractivity contribution in [1.29, 1.82) is 0 Å². The Bertz CT molecular complexity index is 246. The Balaban J connectivity index is 0.00000108. The predicted molar refractivity (Wildman–Crippen MR) is 71.5 cm³/mol. The molecule has 4 atom stereocenters. The number of hydrogen-bond donors (Lipinski definition) is 2. The molecule has 3 aliphatic rings. The van der Waals surface area contributed by atoms with Crippen LogP contribution in [0.5, 0.6) is 0 Å². The van der Waals surface area contributed by atoms with Crippen molar-refractivity contribution in [2.75, 3.05) is 32.7 Å². The second-order valence-electron chi connectivity index (χ2n) is 6.00. The van der Waals surface area contributed by atoms with E-state index in [1.807, 2.05) is 0 Å². The number of nitrogens with one attached hydrogen (secondary N) is 1. The van der Waals surface area contributed by atoms with Crippen molar-refractivity contribution < 1.29 is 5.11 Å². The van der Waals surface area contributed by atoms with Gasteiger partial charge >= 0.3 is 0 Å². The Kier molecular flexibility index (Phi) is 4.70. The molecule has 2 saturated heterocycles. The molecule has 3 rings (SSSR count). The maximum Gasteiger partial charge on any atom is 0.0583 e. The number of rotatable bonds is 2. The molecule has 0 bridgehead atoms. The van der Waals surface area contributed by atoms with E-state index in [-0.39, 0.29) is 18.5 Å². The largest absolute Gasteiger partial charge is 0.393 e. The Morgan fingerprint density at radius 1 is 1.18 bits per heavy atom. The van der Waals surface area contributed by atoms with E-state index >= 15 is 0 Å². The van der Waals surface area contributed by atoms with E-state index in [0.29, 0.717) is 5.92 Å². The third-order valence-electron chi connectivity index (χ3n) is 4.81. The van der Waals surface area contributed by atoms with Crippen LogP contribution in [0.25, 0.3) is 0 Å². The minimum absolute atomic E-state index is 0. The molecule has 3 nitrogen and oxygen atoms in total. The number of nitrogens with zero attached hydrogens (tertiary/aromatic N) is 1. The lowest BCUT2D eigenvalue weighted by atomic mass is 9.99. The van der Waals surface area contributed by atoms with Crippen LogP contribution in [0.15, 0.2) is 0 Å². The summed E-state index contributed by atoms with van der Waals surface area (Å²) in [6, 6.07) is 0. The van der Waals surface area contributed by atoms with Gasteiger partial charge in [-0.15, -0.1) is 12.4 Å². The number of halogens is 1. The lowest BCUT2D eigenvalue weighted by Crippen LogP contribution is -2.38. The molecular weight excluding hydrogens is 236 g/mol. The molecule has 100 valence electrons. The van der Waals surface area contributed by atoms with Gasteiger partial charge in [-0.1, -0.05) is 0 Å². The standard InChI is InChI=1S/C13H24N2O.ClH/c16-13-4-3-11-8-15(9-12(11)13)7-10-2-1-5-14-6-10;/h10-14,16H,1-9H2;1H. The van der Waals surface area contributed by atoms with Gasteiger partial charge in [-0.2, -0.15) is 0 Å². The number of hydrogen-bond acceptors (Lipinski definition) is 3. The van der Waals surface area contributed by atoms with E-state index < -0.39 is 0 Å². The van der Waals surface area contributed by atoms with Crippen molar-refractivity contribution in [3.8, 4) is 0 Å². The van der Waals surface area contributed by atoms with Crippen LogP contribution in [-0.2, 0) is 0 Å². The zero-order chi connectivity index (χ0) is 11.0. The van der Waals surface area contributed by atoms with E-state index in [2.05, 4.69) is 10.2 Å². The van der Waals surface area contributed by atoms with Gasteiger partial charge in [0.25, 0.3) is 0 Å². The van der Waals surface area contributed by atoms with Gasteiger partial charge in [0.2, 0.25) is 0 Å². The molecule has 17 heavy (non-hydrogen) atoms. The second kappa shape index (κ2) is 5.87. The molecule has 3 fully saturated rings. The van der Waals surface area contributed by atoms with Crippen LogP contribution >= 0.6 is 12.4 Å². The normalized spacial score (nSPS) is 42.2. The minimum Gasteiger partial charge on any atom is -0.393 e. The minimum atomic E-state index is -0.000481. The van der Waals surface area contributed by atoms with Gasteiger partial charge in [0.15, 0.2) is 0 Å². The zero-order valence-electron chi connectivity index (χ0n) is 10.5. The summed E-state index contributed by atoms with van der Waals surface area (Å²) in [4.78, 5) is 2.61. The Labute approximate surface area is 110 Å². The average Bonchev–Trinajstić information content (AvgIpc) is 2.83. The highest BCUT2D eigenvalue weighted by Crippen LogP contribution is 2.38. The van der Waals surface area contributed by atoms with Crippen LogP contribution in [0.2, 0.25) is 0 Å². The van der Waals surface area contributed by atoms with Crippen LogP contribution < -0.4 is 5.32 Å². The molecule has 0 aromatic carbocycles. The third kappa shape index (κ3) is 2.95. The molecule has 1 aliphatic carbocycles. The predicted octanol–water partition coefficient (Wildman–Crippen LogP) is 1.11. The summed E-state index contributed by atoms with van der Waals surface area (Å²) in [5.41, 5.74) is 0. The highest BCUT2D eigenvalue weighted by Gasteiger charge is 2.41. The lowest BCUT2D eigenvalue weighted by molar-refractivity contribution is 0.121. The van der Waals surface area contributed by atoms with Gasteiger partial charge in [0, 0.05) is 25.6 Å². The van der Waals surface area contributed by atoms with Crippen molar-refractivity contribution in [3.05, 3.63) is 0 Å². The van der Waals surface area contributed by atoms with E-state index in [9.17, 15) is 5.11 Å². The first kappa shape index (κ1) is 13.6. The summed E-state index contributed by atoms with van der Waals surface area (Å²) >= 11 is 0. The SMILES string of the molecule is Cl.OC1CCC2CN(CC3CCCNC3)CC12. The molecule has 0 aromatic heterocycles. The van der Waals surface area contributed by atoms with Crippen molar-refractivity contribution in [1.82, 2.24) is 10.2 Å². The first-order valence-electron chi connectivity index (χ1n) is 6.94. The van der Waals surface area contributed by atoms with Gasteiger partial charge in [0.05, 0.1) is 6.10 Å². The fourth-order valence-corrected chi connectivity index (χ4v) is 3.92. The second-order valence-corrected chi connectivity index (χ2v) is 6.00. The summed E-state index contributed by atoms with van der Waals surface area (Å²) in [5.74, 6) is 2.24. The summed E-state index contributed by atoms with van der Waals surface area (Å²) in [6.45, 7) is 6.07. The molecule has 2 aliphatic heterocycles. The number of aliphatic hydroxyl groups excluding tert-OH is 1. The molecule has 0 spiro atoms. The number of aliphatic hydroxyl groups is 1. The van der Waals surface area contributed by atoms with Crippen LogP contribution in [0, 0.1) is 17.8 Å². The number of likely N-dealkylation sites (tertiary alicyclic amines) is 1. The van der Waals surface area contributed by atoms with Crippen molar-refractivity contribution in [3.63, 3.8) is 0 Å². The molecular formula is C13H25ClN2O. The first-order chi connectivity index (χ1) is 7.83. The number of fused-ring (bicyclic) bond motifs is 1. The molecule has 4 heteroatoms. The van der Waals surface area contributed by atoms with Crippen LogP contribution in [0.3, 0.4) is 0 Å². The topological polar surface area (TPSA) is 35.5 Å². The molecule has 0 aromatic rings. The van der Waals surface area contributed by atoms with Gasteiger partial charge in [-0.3, -0.25) is 0 Å². The van der Waals surface area contributed by atoms with E-state index in [0.717, 1.165) is 24.8 Å². The summed E-state index contributed by atoms with van der Waals surface area (Å²) in [7, 11) is 0. The molecule has 4 unspecified atom stereocenters. The molecule has 1 saturated carbocycles. The van der Waals surface area contributed by atoms with Crippen molar-refractivity contribution in [2.24, 2.45) is 17.8 Å². The molecule has 0 radical (unpaired) electrons. The molecule has 2 N–H and O–H groups in total. The Hall–Kier alpha value is 0.170. The Morgan fingerprint density at radius 2 is 2.06 bits per heavy atom. The maximum atomic E-state index is 9.88. The Morgan fingerprint density at radius 3 is 2.76 bits per heavy atom. The van der Waals surface area contributed by atoms with Gasteiger partial charge in [-0.05, 0) is 50.6 Å². The van der Waals surface area contributed by atoms with Crippen LogP contribution in [-0.4, -0.2) is 48.8 Å². The molecule has 0 amide bonds.